The first-order chi connectivity index (χ1) is 12.4. The molecule has 1 atom stereocenters. The minimum atomic E-state index is -0.423. The summed E-state index contributed by atoms with van der Waals surface area (Å²) in [5.74, 6) is 0.223. The minimum Gasteiger partial charge on any atom is -0.441 e. The molecule has 1 saturated carbocycles. The molecule has 3 fully saturated rings. The molecule has 140 valence electrons. The third kappa shape index (κ3) is 2.86. The Labute approximate surface area is 159 Å². The van der Waals surface area contributed by atoms with Crippen molar-refractivity contribution in [2.24, 2.45) is 0 Å². The van der Waals surface area contributed by atoms with Crippen LogP contribution in [0.15, 0.2) is 24.3 Å². The van der Waals surface area contributed by atoms with Gasteiger partial charge in [-0.25, -0.2) is 4.79 Å². The van der Waals surface area contributed by atoms with E-state index in [0.29, 0.717) is 24.5 Å². The van der Waals surface area contributed by atoms with Crippen LogP contribution in [0, 0.1) is 0 Å². The van der Waals surface area contributed by atoms with Crippen LogP contribution in [0.4, 0.5) is 4.79 Å². The smallest absolute Gasteiger partial charge is 0.410 e. The van der Waals surface area contributed by atoms with Crippen LogP contribution in [0.1, 0.15) is 44.1 Å². The lowest BCUT2D eigenvalue weighted by Crippen LogP contribution is -2.51. The van der Waals surface area contributed by atoms with Crippen molar-refractivity contribution in [3.63, 3.8) is 0 Å². The number of rotatable bonds is 2. The lowest BCUT2D eigenvalue weighted by Gasteiger charge is -2.44. The molecule has 0 N–H and O–H groups in total. The third-order valence-electron chi connectivity index (χ3n) is 6.34. The summed E-state index contributed by atoms with van der Waals surface area (Å²) in [7, 11) is 1.77. The molecule has 26 heavy (non-hydrogen) atoms. The summed E-state index contributed by atoms with van der Waals surface area (Å²) in [6.45, 7) is 2.00. The van der Waals surface area contributed by atoms with E-state index in [9.17, 15) is 9.59 Å². The zero-order valence-electron chi connectivity index (χ0n) is 15.2. The van der Waals surface area contributed by atoms with Crippen molar-refractivity contribution in [3.05, 3.63) is 34.9 Å². The zero-order valence-corrected chi connectivity index (χ0v) is 15.9. The van der Waals surface area contributed by atoms with Gasteiger partial charge in [0.05, 0.1) is 12.0 Å². The molecule has 6 heteroatoms. The van der Waals surface area contributed by atoms with E-state index in [1.54, 1.807) is 11.9 Å². The number of nitrogens with zero attached hydrogens (tertiary/aromatic N) is 2. The van der Waals surface area contributed by atoms with E-state index in [1.165, 1.54) is 0 Å². The van der Waals surface area contributed by atoms with E-state index in [0.717, 1.165) is 44.2 Å². The highest BCUT2D eigenvalue weighted by Crippen LogP contribution is 2.46. The lowest BCUT2D eigenvalue weighted by molar-refractivity contribution is -0.141. The summed E-state index contributed by atoms with van der Waals surface area (Å²) in [5, 5.41) is 0.694. The number of carbonyl (C=O) groups excluding carboxylic acids is 2. The van der Waals surface area contributed by atoms with Crippen molar-refractivity contribution in [3.8, 4) is 0 Å². The molecular formula is C20H25ClN2O3. The minimum absolute atomic E-state index is 0.223. The SMILES string of the molecule is CN1C[C@@]2(CCCN(C(=O)C3(c4ccc(Cl)cc4)CCC3)CC2)OC1=O. The van der Waals surface area contributed by atoms with Crippen LogP contribution in [0.25, 0.3) is 0 Å². The van der Waals surface area contributed by atoms with Crippen molar-refractivity contribution >= 4 is 23.6 Å². The summed E-state index contributed by atoms with van der Waals surface area (Å²) in [6, 6.07) is 7.73. The zero-order chi connectivity index (χ0) is 18.4. The quantitative estimate of drug-likeness (QED) is 0.792. The van der Waals surface area contributed by atoms with Gasteiger partial charge in [0.15, 0.2) is 0 Å². The molecule has 1 aromatic rings. The van der Waals surface area contributed by atoms with Crippen LogP contribution in [-0.2, 0) is 14.9 Å². The normalized spacial score (nSPS) is 27.8. The van der Waals surface area contributed by atoms with Gasteiger partial charge in [-0.05, 0) is 43.4 Å². The Bertz CT molecular complexity index is 716. The predicted molar refractivity (Wildman–Crippen MR) is 99.3 cm³/mol. The van der Waals surface area contributed by atoms with E-state index < -0.39 is 11.0 Å². The van der Waals surface area contributed by atoms with E-state index in [-0.39, 0.29) is 12.0 Å². The van der Waals surface area contributed by atoms with Crippen LogP contribution in [0.5, 0.6) is 0 Å². The van der Waals surface area contributed by atoms with Gasteiger partial charge in [-0.2, -0.15) is 0 Å². The molecular weight excluding hydrogens is 352 g/mol. The third-order valence-corrected chi connectivity index (χ3v) is 6.59. The van der Waals surface area contributed by atoms with E-state index in [1.807, 2.05) is 29.2 Å². The largest absolute Gasteiger partial charge is 0.441 e. The number of carbonyl (C=O) groups is 2. The Hall–Kier alpha value is -1.75. The fourth-order valence-electron chi connectivity index (χ4n) is 4.65. The monoisotopic (exact) mass is 376 g/mol. The van der Waals surface area contributed by atoms with Crippen LogP contribution in [0.2, 0.25) is 5.02 Å². The molecule has 1 aromatic carbocycles. The highest BCUT2D eigenvalue weighted by Gasteiger charge is 2.50. The van der Waals surface area contributed by atoms with Crippen LogP contribution in [0.3, 0.4) is 0 Å². The van der Waals surface area contributed by atoms with Gasteiger partial charge >= 0.3 is 6.09 Å². The molecule has 2 heterocycles. The summed E-state index contributed by atoms with van der Waals surface area (Å²) in [6.07, 6.45) is 5.02. The van der Waals surface area contributed by atoms with E-state index >= 15 is 0 Å². The molecule has 0 bridgehead atoms. The van der Waals surface area contributed by atoms with Crippen molar-refractivity contribution in [2.75, 3.05) is 26.7 Å². The number of halogens is 1. The number of hydrogen-bond acceptors (Lipinski definition) is 3. The molecule has 2 aliphatic heterocycles. The number of likely N-dealkylation sites (tertiary alicyclic amines) is 1. The molecule has 3 aliphatic rings. The molecule has 4 rings (SSSR count). The Balaban J connectivity index is 1.51. The Kier molecular flexibility index (Phi) is 4.38. The van der Waals surface area contributed by atoms with Crippen molar-refractivity contribution in [1.29, 1.82) is 0 Å². The number of ether oxygens (including phenoxy) is 1. The van der Waals surface area contributed by atoms with Gasteiger partial charge in [-0.15, -0.1) is 0 Å². The molecule has 0 radical (unpaired) electrons. The topological polar surface area (TPSA) is 49.9 Å². The molecule has 5 nitrogen and oxygen atoms in total. The van der Waals surface area contributed by atoms with Gasteiger partial charge < -0.3 is 14.5 Å². The Morgan fingerprint density at radius 3 is 2.38 bits per heavy atom. The van der Waals surface area contributed by atoms with E-state index in [4.69, 9.17) is 16.3 Å². The van der Waals surface area contributed by atoms with Gasteiger partial charge in [-0.1, -0.05) is 30.2 Å². The molecule has 2 amide bonds. The number of hydrogen-bond donors (Lipinski definition) is 0. The summed E-state index contributed by atoms with van der Waals surface area (Å²) in [5.41, 5.74) is 0.253. The number of amides is 2. The maximum Gasteiger partial charge on any atom is 0.410 e. The number of likely N-dealkylation sites (N-methyl/N-ethyl adjacent to an activating group) is 1. The fraction of sp³-hybridized carbons (Fsp3) is 0.600. The first kappa shape index (κ1) is 17.7. The molecule has 1 aliphatic carbocycles. The summed E-state index contributed by atoms with van der Waals surface area (Å²) >= 11 is 6.02. The predicted octanol–water partition coefficient (Wildman–Crippen LogP) is 3.60. The Morgan fingerprint density at radius 1 is 1.08 bits per heavy atom. The van der Waals surface area contributed by atoms with Crippen LogP contribution >= 0.6 is 11.6 Å². The fourth-order valence-corrected chi connectivity index (χ4v) is 4.78. The van der Waals surface area contributed by atoms with Crippen LogP contribution < -0.4 is 0 Å². The summed E-state index contributed by atoms with van der Waals surface area (Å²) in [4.78, 5) is 28.9. The highest BCUT2D eigenvalue weighted by molar-refractivity contribution is 6.30. The number of benzene rings is 1. The standard InChI is InChI=1S/C20H25ClN2O3/c1-22-14-19(26-18(22)25)8-3-12-23(13-11-19)17(24)20(9-2-10-20)15-4-6-16(21)7-5-15/h4-7H,2-3,8-14H2,1H3/t19-/m0/s1. The van der Waals surface area contributed by atoms with Crippen molar-refractivity contribution in [1.82, 2.24) is 9.80 Å². The molecule has 0 unspecified atom stereocenters. The summed E-state index contributed by atoms with van der Waals surface area (Å²) < 4.78 is 5.67. The van der Waals surface area contributed by atoms with Gasteiger partial charge in [0.2, 0.25) is 5.91 Å². The lowest BCUT2D eigenvalue weighted by atomic mass is 9.63. The second-order valence-corrected chi connectivity index (χ2v) is 8.43. The van der Waals surface area contributed by atoms with E-state index in [2.05, 4.69) is 0 Å². The van der Waals surface area contributed by atoms with Gasteiger partial charge in [0.25, 0.3) is 0 Å². The molecule has 1 spiro atoms. The molecule has 2 saturated heterocycles. The van der Waals surface area contributed by atoms with Crippen molar-refractivity contribution in [2.45, 2.75) is 49.5 Å². The van der Waals surface area contributed by atoms with Gasteiger partial charge in [0, 0.05) is 31.6 Å². The first-order valence-corrected chi connectivity index (χ1v) is 9.82. The van der Waals surface area contributed by atoms with Gasteiger partial charge in [0.1, 0.15) is 5.60 Å². The van der Waals surface area contributed by atoms with Crippen molar-refractivity contribution < 1.29 is 14.3 Å². The average Bonchev–Trinajstić information content (AvgIpc) is 2.74. The highest BCUT2D eigenvalue weighted by atomic mass is 35.5. The Morgan fingerprint density at radius 2 is 1.81 bits per heavy atom. The average molecular weight is 377 g/mol. The second-order valence-electron chi connectivity index (χ2n) is 8.00. The second kappa shape index (κ2) is 6.45. The molecule has 0 aromatic heterocycles. The maximum atomic E-state index is 13.4. The van der Waals surface area contributed by atoms with Crippen LogP contribution in [-0.4, -0.2) is 54.1 Å². The maximum absolute atomic E-state index is 13.4. The first-order valence-electron chi connectivity index (χ1n) is 9.44. The van der Waals surface area contributed by atoms with Gasteiger partial charge in [-0.3, -0.25) is 4.79 Å².